The SMILES string of the molecule is Cc1cnc(CNC(=O)c2sc(N3CCN(Cc4ccc(F)c(F)c4)C3=O)nc2C)cn1. The molecule has 1 aliphatic rings. The Labute approximate surface area is 186 Å². The zero-order chi connectivity index (χ0) is 22.8. The molecule has 0 unspecified atom stereocenters. The van der Waals surface area contributed by atoms with Crippen molar-refractivity contribution in [1.82, 2.24) is 25.2 Å². The minimum Gasteiger partial charge on any atom is -0.346 e. The number of carbonyl (C=O) groups excluding carboxylic acids is 2. The quantitative estimate of drug-likeness (QED) is 0.613. The Morgan fingerprint density at radius 1 is 1.16 bits per heavy atom. The Bertz CT molecular complexity index is 1170. The second-order valence-corrected chi connectivity index (χ2v) is 8.32. The molecule has 1 N–H and O–H groups in total. The normalized spacial score (nSPS) is 13.7. The molecule has 166 valence electrons. The molecule has 0 radical (unpaired) electrons. The van der Waals surface area contributed by atoms with Gasteiger partial charge in [0.2, 0.25) is 0 Å². The van der Waals surface area contributed by atoms with Crippen molar-refractivity contribution in [3.05, 3.63) is 69.7 Å². The number of thiazole rings is 1. The Balaban J connectivity index is 1.41. The molecule has 1 fully saturated rings. The standard InChI is InChI=1S/C21H20F2N6O2S/c1-12-8-25-15(9-24-12)10-26-19(30)18-13(2)27-20(32-18)29-6-5-28(21(29)31)11-14-3-4-16(22)17(23)7-14/h3-4,7-9H,5-6,10-11H2,1-2H3,(H,26,30). The van der Waals surface area contributed by atoms with Gasteiger partial charge in [0.15, 0.2) is 16.8 Å². The summed E-state index contributed by atoms with van der Waals surface area (Å²) >= 11 is 1.13. The van der Waals surface area contributed by atoms with Crippen LogP contribution in [0.3, 0.4) is 0 Å². The lowest BCUT2D eigenvalue weighted by molar-refractivity contribution is 0.0953. The zero-order valence-corrected chi connectivity index (χ0v) is 18.2. The molecule has 1 aliphatic heterocycles. The van der Waals surface area contributed by atoms with Crippen molar-refractivity contribution in [1.29, 1.82) is 0 Å². The molecular formula is C21H20F2N6O2S. The maximum atomic E-state index is 13.5. The maximum Gasteiger partial charge on any atom is 0.326 e. The first-order valence-electron chi connectivity index (χ1n) is 9.85. The first kappa shape index (κ1) is 21.8. The average Bonchev–Trinajstić information content (AvgIpc) is 3.32. The summed E-state index contributed by atoms with van der Waals surface area (Å²) in [4.78, 5) is 41.6. The van der Waals surface area contributed by atoms with E-state index in [-0.39, 0.29) is 25.0 Å². The third-order valence-electron chi connectivity index (χ3n) is 4.94. The number of rotatable bonds is 6. The fourth-order valence-electron chi connectivity index (χ4n) is 3.24. The number of carbonyl (C=O) groups is 2. The van der Waals surface area contributed by atoms with Crippen molar-refractivity contribution < 1.29 is 18.4 Å². The van der Waals surface area contributed by atoms with Crippen molar-refractivity contribution >= 4 is 28.4 Å². The molecule has 1 saturated heterocycles. The number of halogens is 2. The maximum absolute atomic E-state index is 13.5. The first-order chi connectivity index (χ1) is 15.3. The number of aryl methyl sites for hydroxylation is 2. The summed E-state index contributed by atoms with van der Waals surface area (Å²) in [6, 6.07) is 3.27. The third-order valence-corrected chi connectivity index (χ3v) is 6.12. The lowest BCUT2D eigenvalue weighted by Crippen LogP contribution is -2.31. The number of nitrogens with one attached hydrogen (secondary N) is 1. The molecular weight excluding hydrogens is 438 g/mol. The number of hydrogen-bond acceptors (Lipinski definition) is 6. The monoisotopic (exact) mass is 458 g/mol. The largest absolute Gasteiger partial charge is 0.346 e. The number of amides is 3. The van der Waals surface area contributed by atoms with Crippen LogP contribution in [-0.4, -0.2) is 44.9 Å². The summed E-state index contributed by atoms with van der Waals surface area (Å²) in [6.45, 7) is 4.71. The number of urea groups is 1. The van der Waals surface area contributed by atoms with Crippen LogP contribution in [0.1, 0.15) is 32.3 Å². The van der Waals surface area contributed by atoms with Gasteiger partial charge in [-0.05, 0) is 31.5 Å². The molecule has 0 bridgehead atoms. The number of anilines is 1. The summed E-state index contributed by atoms with van der Waals surface area (Å²) in [7, 11) is 0. The van der Waals surface area contributed by atoms with E-state index < -0.39 is 11.6 Å². The summed E-state index contributed by atoms with van der Waals surface area (Å²) < 4.78 is 26.6. The smallest absolute Gasteiger partial charge is 0.326 e. The van der Waals surface area contributed by atoms with Gasteiger partial charge in [0.25, 0.3) is 5.91 Å². The molecule has 11 heteroatoms. The number of hydrogen-bond donors (Lipinski definition) is 1. The molecule has 3 heterocycles. The average molecular weight is 458 g/mol. The molecule has 0 saturated carbocycles. The Kier molecular flexibility index (Phi) is 6.08. The van der Waals surface area contributed by atoms with E-state index >= 15 is 0 Å². The molecule has 8 nitrogen and oxygen atoms in total. The van der Waals surface area contributed by atoms with E-state index in [2.05, 4.69) is 20.3 Å². The van der Waals surface area contributed by atoms with Crippen LogP contribution in [0.15, 0.2) is 30.6 Å². The fraction of sp³-hybridized carbons (Fsp3) is 0.286. The van der Waals surface area contributed by atoms with Crippen molar-refractivity contribution in [2.45, 2.75) is 26.9 Å². The number of nitrogens with zero attached hydrogens (tertiary/aromatic N) is 5. The van der Waals surface area contributed by atoms with Crippen LogP contribution in [0, 0.1) is 25.5 Å². The molecule has 2 aromatic heterocycles. The van der Waals surface area contributed by atoms with Gasteiger partial charge in [-0.3, -0.25) is 19.7 Å². The lowest BCUT2D eigenvalue weighted by atomic mass is 10.2. The molecule has 4 rings (SSSR count). The summed E-state index contributed by atoms with van der Waals surface area (Å²) in [6.07, 6.45) is 3.23. The van der Waals surface area contributed by atoms with E-state index in [1.807, 2.05) is 6.92 Å². The number of benzene rings is 1. The third kappa shape index (κ3) is 4.57. The highest BCUT2D eigenvalue weighted by molar-refractivity contribution is 7.17. The van der Waals surface area contributed by atoms with Crippen LogP contribution >= 0.6 is 11.3 Å². The van der Waals surface area contributed by atoms with Crippen molar-refractivity contribution in [3.63, 3.8) is 0 Å². The molecule has 3 aromatic rings. The van der Waals surface area contributed by atoms with Gasteiger partial charge in [-0.15, -0.1) is 0 Å². The summed E-state index contributed by atoms with van der Waals surface area (Å²) in [5.74, 6) is -2.19. The molecule has 1 aromatic carbocycles. The second kappa shape index (κ2) is 8.95. The summed E-state index contributed by atoms with van der Waals surface area (Å²) in [5, 5.41) is 3.21. The van der Waals surface area contributed by atoms with Crippen LogP contribution in [0.25, 0.3) is 0 Å². The van der Waals surface area contributed by atoms with Gasteiger partial charge in [0.1, 0.15) is 4.88 Å². The highest BCUT2D eigenvalue weighted by Crippen LogP contribution is 2.29. The van der Waals surface area contributed by atoms with Crippen molar-refractivity contribution in [2.24, 2.45) is 0 Å². The Morgan fingerprint density at radius 3 is 2.69 bits per heavy atom. The van der Waals surface area contributed by atoms with Gasteiger partial charge in [-0.1, -0.05) is 17.4 Å². The minimum absolute atomic E-state index is 0.155. The Hall–Kier alpha value is -3.47. The van der Waals surface area contributed by atoms with Gasteiger partial charge in [-0.2, -0.15) is 0 Å². The predicted octanol–water partition coefficient (Wildman–Crippen LogP) is 3.20. The van der Waals surface area contributed by atoms with E-state index in [1.54, 1.807) is 19.3 Å². The molecule has 0 atom stereocenters. The van der Waals surface area contributed by atoms with E-state index in [0.29, 0.717) is 40.0 Å². The van der Waals surface area contributed by atoms with Gasteiger partial charge in [-0.25, -0.2) is 18.6 Å². The molecule has 0 aliphatic carbocycles. The van der Waals surface area contributed by atoms with E-state index in [1.165, 1.54) is 15.9 Å². The van der Waals surface area contributed by atoms with Crippen LogP contribution in [0.4, 0.5) is 18.7 Å². The second-order valence-electron chi connectivity index (χ2n) is 7.35. The van der Waals surface area contributed by atoms with Crippen molar-refractivity contribution in [2.75, 3.05) is 18.0 Å². The van der Waals surface area contributed by atoms with E-state index in [9.17, 15) is 18.4 Å². The van der Waals surface area contributed by atoms with Gasteiger partial charge in [0, 0.05) is 25.8 Å². The summed E-state index contributed by atoms with van der Waals surface area (Å²) in [5.41, 5.74) is 2.43. The molecule has 0 spiro atoms. The van der Waals surface area contributed by atoms with E-state index in [4.69, 9.17) is 0 Å². The van der Waals surface area contributed by atoms with Gasteiger partial charge >= 0.3 is 6.03 Å². The molecule has 32 heavy (non-hydrogen) atoms. The first-order valence-corrected chi connectivity index (χ1v) is 10.7. The molecule has 3 amide bonds. The fourth-order valence-corrected chi connectivity index (χ4v) is 4.24. The van der Waals surface area contributed by atoms with Gasteiger partial charge < -0.3 is 10.2 Å². The van der Waals surface area contributed by atoms with Crippen molar-refractivity contribution in [3.8, 4) is 0 Å². The zero-order valence-electron chi connectivity index (χ0n) is 17.4. The number of aromatic nitrogens is 3. The van der Waals surface area contributed by atoms with E-state index in [0.717, 1.165) is 29.2 Å². The van der Waals surface area contributed by atoms with Gasteiger partial charge in [0.05, 0.1) is 29.8 Å². The van der Waals surface area contributed by atoms with Crippen LogP contribution < -0.4 is 10.2 Å². The van der Waals surface area contributed by atoms with Crippen LogP contribution in [0.2, 0.25) is 0 Å². The highest BCUT2D eigenvalue weighted by atomic mass is 32.1. The Morgan fingerprint density at radius 2 is 1.97 bits per heavy atom. The minimum atomic E-state index is -0.950. The highest BCUT2D eigenvalue weighted by Gasteiger charge is 2.32. The van der Waals surface area contributed by atoms with Crippen LogP contribution in [0.5, 0.6) is 0 Å². The predicted molar refractivity (Wildman–Crippen MR) is 114 cm³/mol. The van der Waals surface area contributed by atoms with Crippen LogP contribution in [-0.2, 0) is 13.1 Å². The lowest BCUT2D eigenvalue weighted by Gasteiger charge is -2.17. The topological polar surface area (TPSA) is 91.3 Å².